The number of carbonyl (C=O) groups excluding carboxylic acids is 2. The summed E-state index contributed by atoms with van der Waals surface area (Å²) in [5, 5.41) is 0. The Kier molecular flexibility index (Phi) is 6.48. The third-order valence-electron chi connectivity index (χ3n) is 6.15. The van der Waals surface area contributed by atoms with Crippen molar-refractivity contribution in [1.82, 2.24) is 4.90 Å². The van der Waals surface area contributed by atoms with Gasteiger partial charge in [-0.25, -0.2) is 4.90 Å². The molecule has 5 nitrogen and oxygen atoms in total. The summed E-state index contributed by atoms with van der Waals surface area (Å²) in [6.07, 6.45) is 4.43. The Morgan fingerprint density at radius 1 is 0.967 bits per heavy atom. The number of nitrogens with zero attached hydrogens (tertiary/aromatic N) is 2. The minimum atomic E-state index is -0.328. The number of benzene rings is 2. The molecule has 1 atom stereocenters. The summed E-state index contributed by atoms with van der Waals surface area (Å²) in [5.74, 6) is 1.20. The van der Waals surface area contributed by atoms with Crippen molar-refractivity contribution >= 4 is 17.5 Å². The number of rotatable bonds is 7. The minimum absolute atomic E-state index is 0.0938. The quantitative estimate of drug-likeness (QED) is 0.651. The van der Waals surface area contributed by atoms with Crippen molar-refractivity contribution in [3.63, 3.8) is 0 Å². The van der Waals surface area contributed by atoms with E-state index in [0.29, 0.717) is 18.2 Å². The number of amides is 2. The van der Waals surface area contributed by atoms with E-state index in [2.05, 4.69) is 36.1 Å². The van der Waals surface area contributed by atoms with Gasteiger partial charge in [0.05, 0.1) is 24.8 Å². The Hall–Kier alpha value is -2.66. The van der Waals surface area contributed by atoms with E-state index in [1.807, 2.05) is 18.2 Å². The van der Waals surface area contributed by atoms with Crippen molar-refractivity contribution in [2.24, 2.45) is 5.92 Å². The molecule has 2 aromatic rings. The molecule has 2 saturated heterocycles. The predicted molar refractivity (Wildman–Crippen MR) is 118 cm³/mol. The van der Waals surface area contributed by atoms with Gasteiger partial charge in [0.15, 0.2) is 0 Å². The number of likely N-dealkylation sites (tertiary alicyclic amines) is 1. The highest BCUT2D eigenvalue weighted by Gasteiger charge is 2.43. The molecule has 5 heteroatoms. The van der Waals surface area contributed by atoms with Crippen LogP contribution < -0.4 is 9.64 Å². The summed E-state index contributed by atoms with van der Waals surface area (Å²) in [6.45, 7) is 4.46. The molecular formula is C25H30N2O3. The van der Waals surface area contributed by atoms with Crippen molar-refractivity contribution in [2.45, 2.75) is 45.1 Å². The van der Waals surface area contributed by atoms with Gasteiger partial charge < -0.3 is 4.74 Å². The van der Waals surface area contributed by atoms with Crippen LogP contribution in [0.25, 0.3) is 0 Å². The maximum Gasteiger partial charge on any atom is 0.251 e. The van der Waals surface area contributed by atoms with Crippen LogP contribution in [0.5, 0.6) is 5.75 Å². The summed E-state index contributed by atoms with van der Waals surface area (Å²) in [7, 11) is 0. The van der Waals surface area contributed by atoms with Gasteiger partial charge in [-0.3, -0.25) is 14.5 Å². The van der Waals surface area contributed by atoms with Crippen LogP contribution in [0.15, 0.2) is 54.6 Å². The van der Waals surface area contributed by atoms with Crippen LogP contribution in [0.2, 0.25) is 0 Å². The van der Waals surface area contributed by atoms with Gasteiger partial charge in [-0.1, -0.05) is 37.3 Å². The average molecular weight is 407 g/mol. The average Bonchev–Trinajstić information content (AvgIpc) is 3.08. The zero-order valence-corrected chi connectivity index (χ0v) is 17.6. The Labute approximate surface area is 178 Å². The molecule has 0 bridgehead atoms. The predicted octanol–water partition coefficient (Wildman–Crippen LogP) is 4.06. The summed E-state index contributed by atoms with van der Waals surface area (Å²) < 4.78 is 5.60. The van der Waals surface area contributed by atoms with Crippen molar-refractivity contribution < 1.29 is 14.3 Å². The van der Waals surface area contributed by atoms with Gasteiger partial charge in [-0.05, 0) is 74.5 Å². The van der Waals surface area contributed by atoms with Crippen LogP contribution in [0, 0.1) is 5.92 Å². The normalized spacial score (nSPS) is 20.7. The summed E-state index contributed by atoms with van der Waals surface area (Å²) in [4.78, 5) is 29.3. The molecule has 0 saturated carbocycles. The van der Waals surface area contributed by atoms with Crippen molar-refractivity contribution in [1.29, 1.82) is 0 Å². The Balaban J connectivity index is 1.35. The molecule has 158 valence electrons. The Bertz CT molecular complexity index is 858. The Morgan fingerprint density at radius 3 is 2.33 bits per heavy atom. The smallest absolute Gasteiger partial charge is 0.251 e. The molecule has 0 radical (unpaired) electrons. The number of anilines is 1. The first-order valence-electron chi connectivity index (χ1n) is 11.0. The van der Waals surface area contributed by atoms with Crippen LogP contribution in [0.3, 0.4) is 0 Å². The highest BCUT2D eigenvalue weighted by molar-refractivity contribution is 6.22. The molecule has 4 rings (SSSR count). The number of hydrogen-bond acceptors (Lipinski definition) is 4. The highest BCUT2D eigenvalue weighted by Crippen LogP contribution is 2.30. The molecule has 2 amide bonds. The van der Waals surface area contributed by atoms with E-state index in [9.17, 15) is 9.59 Å². The lowest BCUT2D eigenvalue weighted by atomic mass is 9.89. The molecule has 0 unspecified atom stereocenters. The maximum atomic E-state index is 13.1. The molecule has 0 spiro atoms. The van der Waals surface area contributed by atoms with Crippen LogP contribution in [-0.2, 0) is 16.0 Å². The zero-order valence-electron chi connectivity index (χ0n) is 17.6. The van der Waals surface area contributed by atoms with Crippen LogP contribution in [-0.4, -0.2) is 42.5 Å². The standard InChI is InChI=1S/C25H30N2O3/c1-2-16-30-22-10-8-21(9-11-22)27-24(28)18-23(25(27)29)26-14-12-20(13-15-26)17-19-6-4-3-5-7-19/h3-11,20,23H,2,12-18H2,1H3/t23-/m0/s1. The van der Waals surface area contributed by atoms with E-state index >= 15 is 0 Å². The molecule has 0 N–H and O–H groups in total. The molecule has 2 aliphatic heterocycles. The van der Waals surface area contributed by atoms with Gasteiger partial charge in [-0.2, -0.15) is 0 Å². The molecule has 0 aromatic heterocycles. The fourth-order valence-corrected chi connectivity index (χ4v) is 4.50. The second kappa shape index (κ2) is 9.43. The van der Waals surface area contributed by atoms with Gasteiger partial charge in [-0.15, -0.1) is 0 Å². The number of ether oxygens (including phenoxy) is 1. The summed E-state index contributed by atoms with van der Waals surface area (Å²) in [6, 6.07) is 17.5. The van der Waals surface area contributed by atoms with Crippen LogP contribution >= 0.6 is 0 Å². The van der Waals surface area contributed by atoms with E-state index in [1.54, 1.807) is 12.1 Å². The Morgan fingerprint density at radius 2 is 1.67 bits per heavy atom. The molecule has 30 heavy (non-hydrogen) atoms. The number of piperidine rings is 1. The van der Waals surface area contributed by atoms with Gasteiger partial charge in [0.1, 0.15) is 5.75 Å². The third-order valence-corrected chi connectivity index (χ3v) is 6.15. The SMILES string of the molecule is CCCOc1ccc(N2C(=O)C[C@H](N3CCC(Cc4ccccc4)CC3)C2=O)cc1. The second-order valence-corrected chi connectivity index (χ2v) is 8.30. The minimum Gasteiger partial charge on any atom is -0.494 e. The van der Waals surface area contributed by atoms with Gasteiger partial charge in [0.25, 0.3) is 5.91 Å². The third kappa shape index (κ3) is 4.57. The van der Waals surface area contributed by atoms with Crippen molar-refractivity contribution in [2.75, 3.05) is 24.6 Å². The lowest BCUT2D eigenvalue weighted by molar-refractivity contribution is -0.123. The summed E-state index contributed by atoms with van der Waals surface area (Å²) in [5.41, 5.74) is 2.01. The summed E-state index contributed by atoms with van der Waals surface area (Å²) >= 11 is 0. The first kappa shape index (κ1) is 20.6. The molecule has 0 aliphatic carbocycles. The molecule has 2 aliphatic rings. The maximum absolute atomic E-state index is 13.1. The van der Waals surface area contributed by atoms with Crippen LogP contribution in [0.1, 0.15) is 38.2 Å². The van der Waals surface area contributed by atoms with Crippen molar-refractivity contribution in [3.05, 3.63) is 60.2 Å². The number of imide groups is 1. The fourth-order valence-electron chi connectivity index (χ4n) is 4.50. The van der Waals surface area contributed by atoms with Gasteiger partial charge in [0, 0.05) is 0 Å². The first-order valence-corrected chi connectivity index (χ1v) is 11.0. The van der Waals surface area contributed by atoms with E-state index < -0.39 is 0 Å². The monoisotopic (exact) mass is 406 g/mol. The lowest BCUT2D eigenvalue weighted by Crippen LogP contribution is -2.46. The van der Waals surface area contributed by atoms with E-state index in [4.69, 9.17) is 4.74 Å². The van der Waals surface area contributed by atoms with E-state index in [-0.39, 0.29) is 24.3 Å². The fraction of sp³-hybridized carbons (Fsp3) is 0.440. The van der Waals surface area contributed by atoms with Gasteiger partial charge >= 0.3 is 0 Å². The first-order chi connectivity index (χ1) is 14.7. The molecule has 2 aromatic carbocycles. The molecular weight excluding hydrogens is 376 g/mol. The lowest BCUT2D eigenvalue weighted by Gasteiger charge is -2.34. The second-order valence-electron chi connectivity index (χ2n) is 8.30. The molecule has 2 fully saturated rings. The van der Waals surface area contributed by atoms with Crippen molar-refractivity contribution in [3.8, 4) is 5.75 Å². The van der Waals surface area contributed by atoms with E-state index in [1.165, 1.54) is 10.5 Å². The zero-order chi connectivity index (χ0) is 20.9. The van der Waals surface area contributed by atoms with Crippen LogP contribution in [0.4, 0.5) is 5.69 Å². The topological polar surface area (TPSA) is 49.9 Å². The number of hydrogen-bond donors (Lipinski definition) is 0. The number of carbonyl (C=O) groups is 2. The largest absolute Gasteiger partial charge is 0.494 e. The molecule has 2 heterocycles. The highest BCUT2D eigenvalue weighted by atomic mass is 16.5. The van der Waals surface area contributed by atoms with Gasteiger partial charge in [0.2, 0.25) is 5.91 Å². The van der Waals surface area contributed by atoms with E-state index in [0.717, 1.165) is 44.5 Å².